The number of aromatic nitrogens is 2. The van der Waals surface area contributed by atoms with Crippen molar-refractivity contribution < 1.29 is 14.0 Å². The lowest BCUT2D eigenvalue weighted by Gasteiger charge is -2.13. The Bertz CT molecular complexity index is 1240. The molecule has 0 amide bonds. The molecule has 4 aromatic rings. The van der Waals surface area contributed by atoms with Gasteiger partial charge in [-0.15, -0.1) is 0 Å². The van der Waals surface area contributed by atoms with Gasteiger partial charge in [-0.05, 0) is 18.2 Å². The summed E-state index contributed by atoms with van der Waals surface area (Å²) in [6.45, 7) is 0. The third-order valence-corrected chi connectivity index (χ3v) is 4.68. The van der Waals surface area contributed by atoms with Crippen LogP contribution in [-0.4, -0.2) is 21.5 Å². The molecule has 0 radical (unpaired) electrons. The summed E-state index contributed by atoms with van der Waals surface area (Å²) in [7, 11) is 0. The maximum Gasteiger partial charge on any atom is 0.281 e. The second kappa shape index (κ2) is 5.20. The van der Waals surface area contributed by atoms with Crippen molar-refractivity contribution in [1.29, 1.82) is 0 Å². The average molecular weight is 342 g/mol. The van der Waals surface area contributed by atoms with Crippen LogP contribution < -0.4 is 0 Å². The van der Waals surface area contributed by atoms with E-state index in [0.717, 1.165) is 0 Å². The van der Waals surface area contributed by atoms with Crippen LogP contribution in [0.25, 0.3) is 22.2 Å². The van der Waals surface area contributed by atoms with Crippen LogP contribution in [0.2, 0.25) is 0 Å². The first kappa shape index (κ1) is 14.7. The van der Waals surface area contributed by atoms with Crippen LogP contribution in [0.15, 0.2) is 66.7 Å². The van der Waals surface area contributed by atoms with Gasteiger partial charge in [-0.1, -0.05) is 48.5 Å². The molecule has 1 aliphatic carbocycles. The number of hydrogen-bond acceptors (Lipinski definition) is 3. The number of carbonyl (C=O) groups excluding carboxylic acids is 2. The Kier molecular flexibility index (Phi) is 2.94. The minimum Gasteiger partial charge on any atom is -0.289 e. The molecule has 5 rings (SSSR count). The lowest BCUT2D eigenvalue weighted by atomic mass is 9.87. The van der Waals surface area contributed by atoms with Gasteiger partial charge in [-0.3, -0.25) is 9.59 Å². The van der Waals surface area contributed by atoms with E-state index in [1.165, 1.54) is 22.9 Å². The minimum absolute atomic E-state index is 0.0623. The van der Waals surface area contributed by atoms with Crippen molar-refractivity contribution in [2.75, 3.05) is 0 Å². The maximum absolute atomic E-state index is 14.1. The molecule has 0 bridgehead atoms. The summed E-state index contributed by atoms with van der Waals surface area (Å²) in [4.78, 5) is 25.7. The van der Waals surface area contributed by atoms with E-state index in [-0.39, 0.29) is 11.3 Å². The number of rotatable bonds is 1. The van der Waals surface area contributed by atoms with Crippen molar-refractivity contribution >= 4 is 22.6 Å². The number of benzene rings is 3. The summed E-state index contributed by atoms with van der Waals surface area (Å²) in [5.41, 5.74) is 2.73. The van der Waals surface area contributed by atoms with Crippen LogP contribution in [0, 0.1) is 5.82 Å². The highest BCUT2D eigenvalue weighted by molar-refractivity contribution is 6.25. The highest BCUT2D eigenvalue weighted by Gasteiger charge is 2.30. The molecule has 0 atom stereocenters. The fraction of sp³-hybridized carbons (Fsp3) is 0. The zero-order valence-corrected chi connectivity index (χ0v) is 13.4. The summed E-state index contributed by atoms with van der Waals surface area (Å²) in [6, 6.07) is 18.1. The van der Waals surface area contributed by atoms with Gasteiger partial charge in [-0.2, -0.15) is 9.78 Å². The molecule has 0 aliphatic heterocycles. The molecule has 0 saturated heterocycles. The Morgan fingerprint density at radius 3 is 2.35 bits per heavy atom. The molecule has 1 heterocycles. The van der Waals surface area contributed by atoms with E-state index in [4.69, 9.17) is 0 Å². The molecule has 1 aromatic heterocycles. The van der Waals surface area contributed by atoms with Crippen LogP contribution in [0.4, 0.5) is 4.39 Å². The maximum atomic E-state index is 14.1. The van der Waals surface area contributed by atoms with Crippen LogP contribution in [0.5, 0.6) is 0 Å². The highest BCUT2D eigenvalue weighted by Crippen LogP contribution is 2.38. The SMILES string of the molecule is O=C1c2ccccc2-c2nn(C(=O)c3ccccc3F)c3cccc1c23. The zero-order valence-electron chi connectivity index (χ0n) is 13.4. The van der Waals surface area contributed by atoms with E-state index >= 15 is 0 Å². The number of nitrogens with zero attached hydrogens (tertiary/aromatic N) is 2. The van der Waals surface area contributed by atoms with Crippen molar-refractivity contribution in [3.8, 4) is 11.3 Å². The smallest absolute Gasteiger partial charge is 0.281 e. The molecule has 124 valence electrons. The minimum atomic E-state index is -0.606. The number of hydrogen-bond donors (Lipinski definition) is 0. The molecule has 5 heteroatoms. The zero-order chi connectivity index (χ0) is 17.8. The Hall–Kier alpha value is -3.60. The summed E-state index contributed by atoms with van der Waals surface area (Å²) < 4.78 is 15.3. The number of ketones is 1. The average Bonchev–Trinajstić information content (AvgIpc) is 3.07. The molecule has 1 aliphatic rings. The predicted molar refractivity (Wildman–Crippen MR) is 94.7 cm³/mol. The summed E-state index contributed by atoms with van der Waals surface area (Å²) in [5, 5.41) is 5.09. The molecule has 4 nitrogen and oxygen atoms in total. The molecule has 0 saturated carbocycles. The molecule has 0 spiro atoms. The van der Waals surface area contributed by atoms with Gasteiger partial charge in [0.2, 0.25) is 0 Å². The van der Waals surface area contributed by atoms with E-state index in [0.29, 0.717) is 33.3 Å². The van der Waals surface area contributed by atoms with Crippen molar-refractivity contribution in [2.24, 2.45) is 0 Å². The quantitative estimate of drug-likeness (QED) is 0.461. The number of halogens is 1. The van der Waals surface area contributed by atoms with Crippen LogP contribution >= 0.6 is 0 Å². The fourth-order valence-corrected chi connectivity index (χ4v) is 3.48. The summed E-state index contributed by atoms with van der Waals surface area (Å²) in [5.74, 6) is -1.27. The van der Waals surface area contributed by atoms with Crippen molar-refractivity contribution in [1.82, 2.24) is 9.78 Å². The first-order chi connectivity index (χ1) is 12.7. The fourth-order valence-electron chi connectivity index (χ4n) is 3.48. The van der Waals surface area contributed by atoms with E-state index in [1.807, 2.05) is 12.1 Å². The Balaban J connectivity index is 1.84. The Morgan fingerprint density at radius 1 is 0.846 bits per heavy atom. The lowest BCUT2D eigenvalue weighted by Crippen LogP contribution is -2.15. The summed E-state index contributed by atoms with van der Waals surface area (Å²) >= 11 is 0. The van der Waals surface area contributed by atoms with Gasteiger partial charge in [0.15, 0.2) is 5.78 Å². The predicted octanol–water partition coefficient (Wildman–Crippen LogP) is 4.08. The molecule has 26 heavy (non-hydrogen) atoms. The van der Waals surface area contributed by atoms with Gasteiger partial charge in [0.1, 0.15) is 11.5 Å². The molecular formula is C21H11FN2O2. The van der Waals surface area contributed by atoms with Crippen LogP contribution in [0.3, 0.4) is 0 Å². The molecule has 0 fully saturated rings. The first-order valence-electron chi connectivity index (χ1n) is 8.12. The van der Waals surface area contributed by atoms with Crippen molar-refractivity contribution in [3.05, 3.63) is 89.2 Å². The highest BCUT2D eigenvalue weighted by atomic mass is 19.1. The third-order valence-electron chi connectivity index (χ3n) is 4.68. The second-order valence-corrected chi connectivity index (χ2v) is 6.12. The van der Waals surface area contributed by atoms with Gasteiger partial charge in [-0.25, -0.2) is 4.39 Å². The Labute approximate surface area is 147 Å². The van der Waals surface area contributed by atoms with Crippen LogP contribution in [-0.2, 0) is 0 Å². The second-order valence-electron chi connectivity index (χ2n) is 6.12. The van der Waals surface area contributed by atoms with Crippen molar-refractivity contribution in [2.45, 2.75) is 0 Å². The molecule has 0 unspecified atom stereocenters. The monoisotopic (exact) mass is 342 g/mol. The number of carbonyl (C=O) groups is 2. The standard InChI is InChI=1S/C21H11FN2O2/c22-16-10-4-3-8-14(16)21(26)24-17-11-5-9-15-18(17)19(23-24)12-6-1-2-7-13(12)20(15)25/h1-11H. The van der Waals surface area contributed by atoms with Gasteiger partial charge >= 0.3 is 0 Å². The van der Waals surface area contributed by atoms with Gasteiger partial charge in [0.05, 0.1) is 11.1 Å². The van der Waals surface area contributed by atoms with Crippen LogP contribution in [0.1, 0.15) is 26.3 Å². The van der Waals surface area contributed by atoms with E-state index in [1.54, 1.807) is 36.4 Å². The van der Waals surface area contributed by atoms with Gasteiger partial charge < -0.3 is 0 Å². The lowest BCUT2D eigenvalue weighted by molar-refractivity contribution is 0.0946. The topological polar surface area (TPSA) is 52.0 Å². The van der Waals surface area contributed by atoms with Gasteiger partial charge in [0, 0.05) is 22.1 Å². The summed E-state index contributed by atoms with van der Waals surface area (Å²) in [6.07, 6.45) is 0. The normalized spacial score (nSPS) is 12.3. The van der Waals surface area contributed by atoms with E-state index in [2.05, 4.69) is 5.10 Å². The van der Waals surface area contributed by atoms with Crippen molar-refractivity contribution in [3.63, 3.8) is 0 Å². The molecular weight excluding hydrogens is 331 g/mol. The first-order valence-corrected chi connectivity index (χ1v) is 8.12. The number of fused-ring (bicyclic) bond motifs is 2. The largest absolute Gasteiger partial charge is 0.289 e. The molecule has 3 aromatic carbocycles. The van der Waals surface area contributed by atoms with E-state index in [9.17, 15) is 14.0 Å². The molecule has 0 N–H and O–H groups in total. The van der Waals surface area contributed by atoms with E-state index < -0.39 is 11.7 Å². The third kappa shape index (κ3) is 1.85. The Morgan fingerprint density at radius 2 is 1.54 bits per heavy atom. The van der Waals surface area contributed by atoms with Gasteiger partial charge in [0.25, 0.3) is 5.91 Å².